The van der Waals surface area contributed by atoms with Gasteiger partial charge in [0, 0.05) is 17.4 Å². The van der Waals surface area contributed by atoms with Crippen LogP contribution in [0.2, 0.25) is 0 Å². The average molecular weight is 319 g/mol. The summed E-state index contributed by atoms with van der Waals surface area (Å²) in [7, 11) is 0. The van der Waals surface area contributed by atoms with E-state index in [1.54, 1.807) is 24.4 Å². The highest BCUT2D eigenvalue weighted by molar-refractivity contribution is 9.10. The lowest BCUT2D eigenvalue weighted by Gasteiger charge is -2.05. The molecule has 0 saturated carbocycles. The van der Waals surface area contributed by atoms with E-state index in [2.05, 4.69) is 30.9 Å². The number of fused-ring (bicyclic) bond motifs is 1. The van der Waals surface area contributed by atoms with Gasteiger partial charge in [0.05, 0.1) is 21.9 Å². The summed E-state index contributed by atoms with van der Waals surface area (Å²) in [5.41, 5.74) is 9.13. The van der Waals surface area contributed by atoms with E-state index >= 15 is 0 Å². The van der Waals surface area contributed by atoms with Crippen molar-refractivity contribution >= 4 is 32.7 Å². The highest BCUT2D eigenvalue weighted by atomic mass is 79.9. The topological polar surface area (TPSA) is 64.7 Å². The maximum Gasteiger partial charge on any atom is 0.212 e. The quantitative estimate of drug-likeness (QED) is 0.553. The van der Waals surface area contributed by atoms with Crippen LogP contribution in [0.3, 0.4) is 0 Å². The summed E-state index contributed by atoms with van der Waals surface area (Å²) in [5, 5.41) is 0. The summed E-state index contributed by atoms with van der Waals surface area (Å²) in [4.78, 5) is 12.4. The largest absolute Gasteiger partial charge is 0.398 e. The number of anilines is 1. The lowest BCUT2D eigenvalue weighted by atomic mass is 10.2. The fraction of sp³-hybridized carbons (Fsp3) is 0. The molecule has 0 fully saturated rings. The molecule has 0 saturated heterocycles. The first-order valence-electron chi connectivity index (χ1n) is 5.48. The Balaban J connectivity index is 2.20. The van der Waals surface area contributed by atoms with E-state index < -0.39 is 5.95 Å². The molecule has 2 N–H and O–H groups in total. The van der Waals surface area contributed by atoms with Crippen LogP contribution in [0.1, 0.15) is 0 Å². The third-order valence-electron chi connectivity index (χ3n) is 2.71. The summed E-state index contributed by atoms with van der Waals surface area (Å²) in [6.07, 6.45) is 3.05. The van der Waals surface area contributed by atoms with Crippen LogP contribution >= 0.6 is 15.9 Å². The standard InChI is InChI=1S/C13H8BrFN4/c14-12-8(16)2-3-9-13(12)19-10(6-17-9)7-1-4-11(15)18-5-7/h1-6H,16H2. The fourth-order valence-electron chi connectivity index (χ4n) is 1.73. The van der Waals surface area contributed by atoms with Gasteiger partial charge >= 0.3 is 0 Å². The molecule has 0 aliphatic heterocycles. The van der Waals surface area contributed by atoms with Gasteiger partial charge in [-0.1, -0.05) is 0 Å². The molecule has 0 unspecified atom stereocenters. The van der Waals surface area contributed by atoms with Crippen LogP contribution in [-0.4, -0.2) is 15.0 Å². The van der Waals surface area contributed by atoms with Crippen LogP contribution in [0.15, 0.2) is 41.1 Å². The average Bonchev–Trinajstić information content (AvgIpc) is 2.44. The Morgan fingerprint density at radius 1 is 1.05 bits per heavy atom. The van der Waals surface area contributed by atoms with Gasteiger partial charge in [-0.05, 0) is 40.2 Å². The van der Waals surface area contributed by atoms with Crippen molar-refractivity contribution < 1.29 is 4.39 Å². The summed E-state index contributed by atoms with van der Waals surface area (Å²) >= 11 is 3.40. The van der Waals surface area contributed by atoms with Gasteiger partial charge in [-0.2, -0.15) is 4.39 Å². The lowest BCUT2D eigenvalue weighted by molar-refractivity contribution is 0.584. The Bertz CT molecular complexity index is 758. The van der Waals surface area contributed by atoms with Gasteiger partial charge in [0.15, 0.2) is 0 Å². The third kappa shape index (κ3) is 2.15. The number of benzene rings is 1. The van der Waals surface area contributed by atoms with Gasteiger partial charge in [0.2, 0.25) is 5.95 Å². The summed E-state index contributed by atoms with van der Waals surface area (Å²) in [6, 6.07) is 6.46. The molecule has 0 spiro atoms. The van der Waals surface area contributed by atoms with Crippen LogP contribution in [0.4, 0.5) is 10.1 Å². The fourth-order valence-corrected chi connectivity index (χ4v) is 2.15. The molecule has 1 aromatic carbocycles. The third-order valence-corrected chi connectivity index (χ3v) is 3.54. The van der Waals surface area contributed by atoms with Crippen molar-refractivity contribution in [3.63, 3.8) is 0 Å². The second kappa shape index (κ2) is 4.55. The molecule has 2 heterocycles. The Morgan fingerprint density at radius 3 is 2.63 bits per heavy atom. The number of rotatable bonds is 1. The van der Waals surface area contributed by atoms with Crippen molar-refractivity contribution in [2.45, 2.75) is 0 Å². The van der Waals surface area contributed by atoms with E-state index in [0.29, 0.717) is 26.9 Å². The highest BCUT2D eigenvalue weighted by Crippen LogP contribution is 2.28. The summed E-state index contributed by atoms with van der Waals surface area (Å²) < 4.78 is 13.5. The second-order valence-electron chi connectivity index (χ2n) is 3.96. The number of aromatic nitrogens is 3. The van der Waals surface area contributed by atoms with Crippen LogP contribution in [0, 0.1) is 5.95 Å². The summed E-state index contributed by atoms with van der Waals surface area (Å²) in [6.45, 7) is 0. The maximum atomic E-state index is 12.8. The SMILES string of the molecule is Nc1ccc2ncc(-c3ccc(F)nc3)nc2c1Br. The molecule has 0 radical (unpaired) electrons. The van der Waals surface area contributed by atoms with Crippen molar-refractivity contribution in [3.05, 3.63) is 47.1 Å². The molecule has 0 aliphatic carbocycles. The number of nitrogens with zero attached hydrogens (tertiary/aromatic N) is 3. The molecular weight excluding hydrogens is 311 g/mol. The van der Waals surface area contributed by atoms with Crippen LogP contribution in [0.25, 0.3) is 22.3 Å². The van der Waals surface area contributed by atoms with E-state index in [1.807, 2.05) is 0 Å². The number of pyridine rings is 1. The van der Waals surface area contributed by atoms with E-state index in [4.69, 9.17) is 5.73 Å². The predicted octanol–water partition coefficient (Wildman–Crippen LogP) is 3.18. The van der Waals surface area contributed by atoms with Gasteiger partial charge in [0.1, 0.15) is 5.52 Å². The van der Waals surface area contributed by atoms with Crippen molar-refractivity contribution in [3.8, 4) is 11.3 Å². The van der Waals surface area contributed by atoms with E-state index in [0.717, 1.165) is 5.52 Å². The monoisotopic (exact) mass is 318 g/mol. The van der Waals surface area contributed by atoms with Crippen molar-refractivity contribution in [2.75, 3.05) is 5.73 Å². The summed E-state index contributed by atoms with van der Waals surface area (Å²) in [5.74, 6) is -0.525. The Morgan fingerprint density at radius 2 is 1.89 bits per heavy atom. The minimum Gasteiger partial charge on any atom is -0.398 e. The molecule has 6 heteroatoms. The Labute approximate surface area is 116 Å². The first-order chi connectivity index (χ1) is 9.15. The van der Waals surface area contributed by atoms with E-state index in [1.165, 1.54) is 12.3 Å². The van der Waals surface area contributed by atoms with Crippen molar-refractivity contribution in [1.82, 2.24) is 15.0 Å². The van der Waals surface area contributed by atoms with Gasteiger partial charge in [-0.3, -0.25) is 4.98 Å². The molecule has 0 aliphatic rings. The molecular formula is C13H8BrFN4. The Kier molecular flexibility index (Phi) is 2.87. The van der Waals surface area contributed by atoms with Crippen LogP contribution in [0.5, 0.6) is 0 Å². The van der Waals surface area contributed by atoms with Crippen molar-refractivity contribution in [1.29, 1.82) is 0 Å². The minimum atomic E-state index is -0.525. The first kappa shape index (κ1) is 12.0. The molecule has 94 valence electrons. The smallest absolute Gasteiger partial charge is 0.212 e. The normalized spacial score (nSPS) is 10.8. The number of nitrogens with two attached hydrogens (primary N) is 1. The number of halogens is 2. The minimum absolute atomic E-state index is 0.525. The van der Waals surface area contributed by atoms with Crippen molar-refractivity contribution in [2.24, 2.45) is 0 Å². The van der Waals surface area contributed by atoms with Crippen LogP contribution < -0.4 is 5.73 Å². The van der Waals surface area contributed by atoms with Gasteiger partial charge in [-0.15, -0.1) is 0 Å². The lowest BCUT2D eigenvalue weighted by Crippen LogP contribution is -1.94. The molecule has 3 rings (SSSR count). The molecule has 4 nitrogen and oxygen atoms in total. The van der Waals surface area contributed by atoms with E-state index in [-0.39, 0.29) is 0 Å². The molecule has 19 heavy (non-hydrogen) atoms. The molecule has 2 aromatic heterocycles. The number of hydrogen-bond acceptors (Lipinski definition) is 4. The van der Waals surface area contributed by atoms with Crippen LogP contribution in [-0.2, 0) is 0 Å². The second-order valence-corrected chi connectivity index (χ2v) is 4.75. The maximum absolute atomic E-state index is 12.8. The Hall–Kier alpha value is -2.08. The van der Waals surface area contributed by atoms with Gasteiger partial charge in [0.25, 0.3) is 0 Å². The number of hydrogen-bond donors (Lipinski definition) is 1. The zero-order chi connectivity index (χ0) is 13.4. The predicted molar refractivity (Wildman–Crippen MR) is 74.8 cm³/mol. The van der Waals surface area contributed by atoms with Gasteiger partial charge in [-0.25, -0.2) is 9.97 Å². The first-order valence-corrected chi connectivity index (χ1v) is 6.27. The highest BCUT2D eigenvalue weighted by Gasteiger charge is 2.08. The van der Waals surface area contributed by atoms with E-state index in [9.17, 15) is 4.39 Å². The molecule has 0 bridgehead atoms. The number of nitrogen functional groups attached to an aromatic ring is 1. The zero-order valence-electron chi connectivity index (χ0n) is 9.64. The van der Waals surface area contributed by atoms with Gasteiger partial charge < -0.3 is 5.73 Å². The molecule has 3 aromatic rings. The zero-order valence-corrected chi connectivity index (χ0v) is 11.2. The molecule has 0 amide bonds. The molecule has 0 atom stereocenters.